The van der Waals surface area contributed by atoms with E-state index in [0.29, 0.717) is 6.61 Å². The molecule has 0 unspecified atom stereocenters. The van der Waals surface area contributed by atoms with Crippen LogP contribution in [0.25, 0.3) is 0 Å². The number of ether oxygens (including phenoxy) is 1. The Morgan fingerprint density at radius 3 is 2.85 bits per heavy atom. The number of phenolic OH excluding ortho intramolecular Hbond substituents is 1. The maximum Gasteiger partial charge on any atom is 0.134 e. The molecule has 0 aliphatic heterocycles. The lowest BCUT2D eigenvalue weighted by atomic mass is 10.3. The predicted octanol–water partition coefficient (Wildman–Crippen LogP) is 3.55. The smallest absolute Gasteiger partial charge is 0.134 e. The van der Waals surface area contributed by atoms with Gasteiger partial charge in [-0.05, 0) is 57.1 Å². The van der Waals surface area contributed by atoms with Crippen LogP contribution in [-0.2, 0) is 0 Å². The number of phenols is 1. The van der Waals surface area contributed by atoms with Crippen molar-refractivity contribution in [3.05, 3.63) is 20.2 Å². The molecule has 0 aliphatic rings. The van der Waals surface area contributed by atoms with Crippen molar-refractivity contribution >= 4 is 38.5 Å². The number of benzene rings is 1. The third kappa shape index (κ3) is 3.02. The van der Waals surface area contributed by atoms with Crippen LogP contribution < -0.4 is 4.74 Å². The van der Waals surface area contributed by atoms with Gasteiger partial charge in [0.2, 0.25) is 0 Å². The van der Waals surface area contributed by atoms with Crippen LogP contribution in [0.2, 0.25) is 0 Å². The Hall–Kier alpha value is 0.0300. The molecular weight excluding hydrogens is 347 g/mol. The SMILES string of the molecule is CCCOc1cc(I)c(O)cc1Br. The average molecular weight is 357 g/mol. The van der Waals surface area contributed by atoms with Gasteiger partial charge >= 0.3 is 0 Å². The minimum absolute atomic E-state index is 0.274. The Morgan fingerprint density at radius 2 is 2.23 bits per heavy atom. The molecule has 0 atom stereocenters. The molecule has 13 heavy (non-hydrogen) atoms. The van der Waals surface area contributed by atoms with E-state index in [-0.39, 0.29) is 5.75 Å². The summed E-state index contributed by atoms with van der Waals surface area (Å²) in [5.41, 5.74) is 0. The molecule has 1 N–H and O–H groups in total. The zero-order chi connectivity index (χ0) is 9.84. The van der Waals surface area contributed by atoms with Crippen LogP contribution in [-0.4, -0.2) is 11.7 Å². The molecule has 0 heterocycles. The Kier molecular flexibility index (Phi) is 4.31. The number of aromatic hydroxyl groups is 1. The molecule has 0 amide bonds. The average Bonchev–Trinajstić information content (AvgIpc) is 2.09. The van der Waals surface area contributed by atoms with E-state index in [1.54, 1.807) is 6.07 Å². The molecule has 0 aliphatic carbocycles. The maximum atomic E-state index is 9.36. The van der Waals surface area contributed by atoms with E-state index >= 15 is 0 Å². The lowest BCUT2D eigenvalue weighted by molar-refractivity contribution is 0.314. The van der Waals surface area contributed by atoms with Crippen molar-refractivity contribution in [3.8, 4) is 11.5 Å². The Morgan fingerprint density at radius 1 is 1.54 bits per heavy atom. The summed E-state index contributed by atoms with van der Waals surface area (Å²) in [4.78, 5) is 0. The summed E-state index contributed by atoms with van der Waals surface area (Å²) < 4.78 is 7.05. The molecule has 1 aromatic rings. The van der Waals surface area contributed by atoms with Gasteiger partial charge in [-0.25, -0.2) is 0 Å². The molecule has 4 heteroatoms. The minimum atomic E-state index is 0.274. The molecule has 0 bridgehead atoms. The standard InChI is InChI=1S/C9H10BrIO2/c1-2-3-13-9-5-7(11)8(12)4-6(9)10/h4-5,12H,2-3H2,1H3. The quantitative estimate of drug-likeness (QED) is 0.839. The number of hydrogen-bond donors (Lipinski definition) is 1. The van der Waals surface area contributed by atoms with Gasteiger partial charge in [0, 0.05) is 0 Å². The fourth-order valence-corrected chi connectivity index (χ4v) is 1.73. The molecule has 1 aromatic carbocycles. The van der Waals surface area contributed by atoms with Gasteiger partial charge in [0.05, 0.1) is 14.6 Å². The fourth-order valence-electron chi connectivity index (χ4n) is 0.841. The molecule has 0 saturated carbocycles. The topological polar surface area (TPSA) is 29.5 Å². The normalized spacial score (nSPS) is 10.1. The van der Waals surface area contributed by atoms with Crippen molar-refractivity contribution in [2.45, 2.75) is 13.3 Å². The summed E-state index contributed by atoms with van der Waals surface area (Å²) in [5.74, 6) is 1.06. The van der Waals surface area contributed by atoms with Gasteiger partial charge in [-0.1, -0.05) is 6.92 Å². The van der Waals surface area contributed by atoms with Crippen LogP contribution in [0.3, 0.4) is 0 Å². The molecule has 0 radical (unpaired) electrons. The minimum Gasteiger partial charge on any atom is -0.507 e. The van der Waals surface area contributed by atoms with Crippen molar-refractivity contribution < 1.29 is 9.84 Å². The van der Waals surface area contributed by atoms with E-state index in [2.05, 4.69) is 45.4 Å². The zero-order valence-electron chi connectivity index (χ0n) is 7.18. The second-order valence-electron chi connectivity index (χ2n) is 2.58. The van der Waals surface area contributed by atoms with Crippen molar-refractivity contribution in [1.29, 1.82) is 0 Å². The first-order valence-electron chi connectivity index (χ1n) is 3.96. The predicted molar refractivity (Wildman–Crippen MR) is 64.3 cm³/mol. The second-order valence-corrected chi connectivity index (χ2v) is 4.60. The van der Waals surface area contributed by atoms with Gasteiger partial charge in [-0.15, -0.1) is 0 Å². The van der Waals surface area contributed by atoms with Gasteiger partial charge in [-0.3, -0.25) is 0 Å². The van der Waals surface area contributed by atoms with Crippen molar-refractivity contribution in [2.24, 2.45) is 0 Å². The van der Waals surface area contributed by atoms with E-state index in [0.717, 1.165) is 20.2 Å². The molecule has 0 spiro atoms. The number of hydrogen-bond acceptors (Lipinski definition) is 2. The van der Waals surface area contributed by atoms with Crippen LogP contribution >= 0.6 is 38.5 Å². The fraction of sp³-hybridized carbons (Fsp3) is 0.333. The number of rotatable bonds is 3. The van der Waals surface area contributed by atoms with Gasteiger partial charge < -0.3 is 9.84 Å². The lowest BCUT2D eigenvalue weighted by Crippen LogP contribution is -1.96. The Labute approximate surface area is 99.6 Å². The summed E-state index contributed by atoms with van der Waals surface area (Å²) in [6, 6.07) is 3.46. The zero-order valence-corrected chi connectivity index (χ0v) is 10.9. The molecule has 2 nitrogen and oxygen atoms in total. The summed E-state index contributed by atoms with van der Waals surface area (Å²) in [5, 5.41) is 9.36. The number of halogens is 2. The molecule has 0 saturated heterocycles. The van der Waals surface area contributed by atoms with Crippen LogP contribution in [0.1, 0.15) is 13.3 Å². The summed E-state index contributed by atoms with van der Waals surface area (Å²) >= 11 is 5.39. The first kappa shape index (κ1) is 11.1. The monoisotopic (exact) mass is 356 g/mol. The third-order valence-corrected chi connectivity index (χ3v) is 2.95. The highest BCUT2D eigenvalue weighted by Gasteiger charge is 2.05. The van der Waals surface area contributed by atoms with Crippen LogP contribution in [0, 0.1) is 3.57 Å². The molecular formula is C9H10BrIO2. The van der Waals surface area contributed by atoms with Gasteiger partial charge in [0.15, 0.2) is 0 Å². The third-order valence-electron chi connectivity index (χ3n) is 1.46. The molecule has 0 aromatic heterocycles. The van der Waals surface area contributed by atoms with Crippen LogP contribution in [0.15, 0.2) is 16.6 Å². The van der Waals surface area contributed by atoms with E-state index in [1.807, 2.05) is 6.07 Å². The van der Waals surface area contributed by atoms with Crippen molar-refractivity contribution in [1.82, 2.24) is 0 Å². The van der Waals surface area contributed by atoms with E-state index in [1.165, 1.54) is 0 Å². The van der Waals surface area contributed by atoms with Gasteiger partial charge in [0.25, 0.3) is 0 Å². The Bertz CT molecular complexity index is 302. The van der Waals surface area contributed by atoms with Gasteiger partial charge in [-0.2, -0.15) is 0 Å². The van der Waals surface area contributed by atoms with Gasteiger partial charge in [0.1, 0.15) is 11.5 Å². The second kappa shape index (κ2) is 5.05. The molecule has 0 fully saturated rings. The first-order chi connectivity index (χ1) is 6.15. The van der Waals surface area contributed by atoms with E-state index in [9.17, 15) is 5.11 Å². The van der Waals surface area contributed by atoms with E-state index < -0.39 is 0 Å². The molecule has 72 valence electrons. The Balaban J connectivity index is 2.88. The maximum absolute atomic E-state index is 9.36. The summed E-state index contributed by atoms with van der Waals surface area (Å²) in [7, 11) is 0. The van der Waals surface area contributed by atoms with Crippen molar-refractivity contribution in [3.63, 3.8) is 0 Å². The highest BCUT2D eigenvalue weighted by molar-refractivity contribution is 14.1. The summed E-state index contributed by atoms with van der Waals surface area (Å²) in [6.45, 7) is 2.75. The molecule has 1 rings (SSSR count). The highest BCUT2D eigenvalue weighted by Crippen LogP contribution is 2.32. The summed E-state index contributed by atoms with van der Waals surface area (Å²) in [6.07, 6.45) is 0.976. The largest absolute Gasteiger partial charge is 0.507 e. The van der Waals surface area contributed by atoms with Crippen LogP contribution in [0.4, 0.5) is 0 Å². The first-order valence-corrected chi connectivity index (χ1v) is 5.83. The van der Waals surface area contributed by atoms with Crippen molar-refractivity contribution in [2.75, 3.05) is 6.61 Å². The lowest BCUT2D eigenvalue weighted by Gasteiger charge is -2.08. The van der Waals surface area contributed by atoms with E-state index in [4.69, 9.17) is 4.74 Å². The highest BCUT2D eigenvalue weighted by atomic mass is 127. The van der Waals surface area contributed by atoms with Crippen LogP contribution in [0.5, 0.6) is 11.5 Å².